The van der Waals surface area contributed by atoms with Gasteiger partial charge >= 0.3 is 0 Å². The molecule has 0 saturated heterocycles. The van der Waals surface area contributed by atoms with Gasteiger partial charge in [-0.15, -0.1) is 23.1 Å². The Morgan fingerprint density at radius 3 is 2.79 bits per heavy atom. The number of para-hydroxylation sites is 1. The summed E-state index contributed by atoms with van der Waals surface area (Å²) in [6.45, 7) is 0.729. The number of thiazole rings is 1. The highest BCUT2D eigenvalue weighted by Crippen LogP contribution is 2.36. The topological polar surface area (TPSA) is 51.7 Å². The molecule has 1 aliphatic heterocycles. The van der Waals surface area contributed by atoms with Gasteiger partial charge in [0.25, 0.3) is 0 Å². The van der Waals surface area contributed by atoms with Gasteiger partial charge in [0.05, 0.1) is 32.0 Å². The molecule has 3 aromatic rings. The molecule has 0 spiro atoms. The van der Waals surface area contributed by atoms with Crippen LogP contribution in [0.15, 0.2) is 52.7 Å². The van der Waals surface area contributed by atoms with E-state index in [1.54, 1.807) is 26.0 Å². The van der Waals surface area contributed by atoms with Crippen molar-refractivity contribution in [1.82, 2.24) is 4.98 Å². The number of hydrogen-bond donors (Lipinski definition) is 0. The number of methoxy groups -OCH3 is 2. The van der Waals surface area contributed by atoms with Crippen LogP contribution in [0.4, 0.5) is 5.69 Å². The lowest BCUT2D eigenvalue weighted by atomic mass is 10.2. The van der Waals surface area contributed by atoms with Gasteiger partial charge in [-0.25, -0.2) is 4.98 Å². The van der Waals surface area contributed by atoms with Gasteiger partial charge in [-0.3, -0.25) is 4.79 Å². The molecular formula is C21H20N2O3S2. The zero-order valence-corrected chi connectivity index (χ0v) is 17.3. The number of nitrogens with zero attached hydrogens (tertiary/aromatic N) is 2. The maximum absolute atomic E-state index is 12.9. The fourth-order valence-corrected chi connectivity index (χ4v) is 4.98. The van der Waals surface area contributed by atoms with Crippen molar-refractivity contribution in [3.8, 4) is 22.1 Å². The average molecular weight is 413 g/mol. The predicted molar refractivity (Wildman–Crippen MR) is 114 cm³/mol. The lowest BCUT2D eigenvalue weighted by molar-refractivity contribution is -0.118. The number of anilines is 1. The quantitative estimate of drug-likeness (QED) is 0.617. The Balaban J connectivity index is 1.52. The first-order valence-corrected chi connectivity index (χ1v) is 10.7. The summed E-state index contributed by atoms with van der Waals surface area (Å²) < 4.78 is 10.7. The highest BCUT2D eigenvalue weighted by Gasteiger charge is 2.23. The van der Waals surface area contributed by atoms with Gasteiger partial charge in [-0.1, -0.05) is 12.1 Å². The molecule has 0 fully saturated rings. The number of carbonyl (C=O) groups is 1. The van der Waals surface area contributed by atoms with E-state index in [1.165, 1.54) is 11.3 Å². The minimum Gasteiger partial charge on any atom is -0.493 e. The number of fused-ring (bicyclic) bond motifs is 1. The molecule has 1 aromatic heterocycles. The summed E-state index contributed by atoms with van der Waals surface area (Å²) in [5.74, 6) is 2.34. The molecule has 1 aliphatic rings. The first-order valence-electron chi connectivity index (χ1n) is 8.88. The Kier molecular flexibility index (Phi) is 5.54. The number of hydrogen-bond acceptors (Lipinski definition) is 6. The van der Waals surface area contributed by atoms with E-state index < -0.39 is 0 Å². The Morgan fingerprint density at radius 1 is 1.14 bits per heavy atom. The van der Waals surface area contributed by atoms with Crippen LogP contribution >= 0.6 is 23.1 Å². The van der Waals surface area contributed by atoms with Gasteiger partial charge < -0.3 is 14.4 Å². The molecule has 5 nitrogen and oxygen atoms in total. The zero-order chi connectivity index (χ0) is 19.5. The number of carbonyl (C=O) groups excluding carboxylic acids is 1. The van der Waals surface area contributed by atoms with Crippen LogP contribution in [-0.2, 0) is 11.2 Å². The van der Waals surface area contributed by atoms with Gasteiger partial charge in [0, 0.05) is 28.1 Å². The summed E-state index contributed by atoms with van der Waals surface area (Å²) >= 11 is 3.32. The van der Waals surface area contributed by atoms with Crippen molar-refractivity contribution in [2.45, 2.75) is 11.3 Å². The van der Waals surface area contributed by atoms with Crippen molar-refractivity contribution < 1.29 is 14.3 Å². The SMILES string of the molecule is COc1ccc(-c2nc(CC(=O)N3CCSc4ccccc43)cs2)cc1OC. The predicted octanol–water partition coefficient (Wildman–Crippen LogP) is 4.51. The highest BCUT2D eigenvalue weighted by atomic mass is 32.2. The zero-order valence-electron chi connectivity index (χ0n) is 15.7. The van der Waals surface area contributed by atoms with E-state index in [1.807, 2.05) is 46.7 Å². The smallest absolute Gasteiger partial charge is 0.233 e. The van der Waals surface area contributed by atoms with Crippen LogP contribution in [0.1, 0.15) is 5.69 Å². The van der Waals surface area contributed by atoms with E-state index in [9.17, 15) is 4.79 Å². The molecular weight excluding hydrogens is 392 g/mol. The fourth-order valence-electron chi connectivity index (χ4n) is 3.17. The molecule has 0 bridgehead atoms. The second kappa shape index (κ2) is 8.24. The van der Waals surface area contributed by atoms with Gasteiger partial charge in [0.1, 0.15) is 5.01 Å². The molecule has 28 heavy (non-hydrogen) atoms. The minimum absolute atomic E-state index is 0.0805. The fraction of sp³-hybridized carbons (Fsp3) is 0.238. The number of thioether (sulfide) groups is 1. The van der Waals surface area contributed by atoms with Crippen molar-refractivity contribution in [2.24, 2.45) is 0 Å². The number of benzene rings is 2. The molecule has 144 valence electrons. The number of rotatable bonds is 5. The lowest BCUT2D eigenvalue weighted by Crippen LogP contribution is -2.36. The molecule has 0 saturated carbocycles. The van der Waals surface area contributed by atoms with Gasteiger partial charge in [0.15, 0.2) is 11.5 Å². The van der Waals surface area contributed by atoms with Crippen molar-refractivity contribution in [3.05, 3.63) is 53.5 Å². The summed E-state index contributed by atoms with van der Waals surface area (Å²) in [4.78, 5) is 20.6. The van der Waals surface area contributed by atoms with Gasteiger partial charge in [-0.05, 0) is 30.3 Å². The molecule has 0 atom stereocenters. The van der Waals surface area contributed by atoms with Gasteiger partial charge in [-0.2, -0.15) is 0 Å². The Hall–Kier alpha value is -2.51. The Labute approximate surface area is 172 Å². The van der Waals surface area contributed by atoms with Crippen LogP contribution in [0.25, 0.3) is 10.6 Å². The second-order valence-corrected chi connectivity index (χ2v) is 8.25. The highest BCUT2D eigenvalue weighted by molar-refractivity contribution is 7.99. The third-order valence-electron chi connectivity index (χ3n) is 4.54. The van der Waals surface area contributed by atoms with Crippen molar-refractivity contribution in [1.29, 1.82) is 0 Å². The number of aromatic nitrogens is 1. The van der Waals surface area contributed by atoms with E-state index >= 15 is 0 Å². The van der Waals surface area contributed by atoms with Crippen LogP contribution in [0.2, 0.25) is 0 Å². The van der Waals surface area contributed by atoms with Gasteiger partial charge in [0.2, 0.25) is 5.91 Å². The summed E-state index contributed by atoms with van der Waals surface area (Å²) in [5, 5.41) is 2.81. The molecule has 2 aromatic carbocycles. The molecule has 4 rings (SSSR count). The molecule has 7 heteroatoms. The monoisotopic (exact) mass is 412 g/mol. The molecule has 0 N–H and O–H groups in total. The molecule has 1 amide bonds. The maximum atomic E-state index is 12.9. The summed E-state index contributed by atoms with van der Waals surface area (Å²) in [7, 11) is 3.23. The first-order chi connectivity index (χ1) is 13.7. The van der Waals surface area contributed by atoms with Crippen LogP contribution < -0.4 is 14.4 Å². The van der Waals surface area contributed by atoms with Crippen LogP contribution in [0, 0.1) is 0 Å². The van der Waals surface area contributed by atoms with E-state index in [0.717, 1.165) is 39.1 Å². The second-order valence-electron chi connectivity index (χ2n) is 6.25. The van der Waals surface area contributed by atoms with E-state index in [0.29, 0.717) is 17.9 Å². The molecule has 0 radical (unpaired) electrons. The van der Waals surface area contributed by atoms with Crippen molar-refractivity contribution in [3.63, 3.8) is 0 Å². The van der Waals surface area contributed by atoms with E-state index in [2.05, 4.69) is 11.1 Å². The first kappa shape index (κ1) is 18.8. The molecule has 0 aliphatic carbocycles. The lowest BCUT2D eigenvalue weighted by Gasteiger charge is -2.28. The van der Waals surface area contributed by atoms with E-state index in [-0.39, 0.29) is 5.91 Å². The molecule has 0 unspecified atom stereocenters. The third kappa shape index (κ3) is 3.72. The third-order valence-corrected chi connectivity index (χ3v) is 6.53. The van der Waals surface area contributed by atoms with Crippen molar-refractivity contribution in [2.75, 3.05) is 31.4 Å². The maximum Gasteiger partial charge on any atom is 0.233 e. The number of ether oxygens (including phenoxy) is 2. The van der Waals surface area contributed by atoms with Crippen LogP contribution in [-0.4, -0.2) is 37.4 Å². The number of amides is 1. The van der Waals surface area contributed by atoms with E-state index in [4.69, 9.17) is 9.47 Å². The Morgan fingerprint density at radius 2 is 1.96 bits per heavy atom. The van der Waals surface area contributed by atoms with Crippen LogP contribution in [0.3, 0.4) is 0 Å². The minimum atomic E-state index is 0.0805. The summed E-state index contributed by atoms with van der Waals surface area (Å²) in [5.41, 5.74) is 2.73. The Bertz CT molecular complexity index is 1000. The van der Waals surface area contributed by atoms with Crippen LogP contribution in [0.5, 0.6) is 11.5 Å². The van der Waals surface area contributed by atoms with Crippen molar-refractivity contribution >= 4 is 34.7 Å². The standard InChI is InChI=1S/C21H20N2O3S2/c1-25-17-8-7-14(11-18(17)26-2)21-22-15(13-28-21)12-20(24)23-9-10-27-19-6-4-3-5-16(19)23/h3-8,11,13H,9-10,12H2,1-2H3. The normalized spacial score (nSPS) is 13.1. The molecule has 2 heterocycles. The largest absolute Gasteiger partial charge is 0.493 e. The average Bonchev–Trinajstić information content (AvgIpc) is 3.21. The summed E-state index contributed by atoms with van der Waals surface area (Å²) in [6.07, 6.45) is 0.294. The summed E-state index contributed by atoms with van der Waals surface area (Å²) in [6, 6.07) is 13.8.